The molecule has 0 amide bonds. The van der Waals surface area contributed by atoms with Crippen LogP contribution in [-0.2, 0) is 16.6 Å². The Hall–Kier alpha value is -2.06. The molecule has 1 heterocycles. The van der Waals surface area contributed by atoms with Crippen LogP contribution in [0.4, 0.5) is 10.3 Å². The fourth-order valence-corrected chi connectivity index (χ4v) is 2.66. The van der Waals surface area contributed by atoms with E-state index in [0.717, 1.165) is 10.6 Å². The van der Waals surface area contributed by atoms with Crippen LogP contribution in [0.15, 0.2) is 24.3 Å². The fraction of sp³-hybridized carbons (Fsp3) is 0.375. The molecule has 8 heteroatoms. The van der Waals surface area contributed by atoms with Crippen LogP contribution < -0.4 is 4.31 Å². The summed E-state index contributed by atoms with van der Waals surface area (Å²) in [5, 5.41) is 9.76. The molecule has 2 aromatic rings. The van der Waals surface area contributed by atoms with Crippen LogP contribution in [0.3, 0.4) is 0 Å². The van der Waals surface area contributed by atoms with Gasteiger partial charge in [0.2, 0.25) is 16.0 Å². The zero-order valence-corrected chi connectivity index (χ0v) is 14.8. The van der Waals surface area contributed by atoms with Crippen molar-refractivity contribution in [3.63, 3.8) is 0 Å². The third kappa shape index (κ3) is 3.70. The Morgan fingerprint density at radius 3 is 2.46 bits per heavy atom. The molecule has 0 saturated heterocycles. The normalized spacial score (nSPS) is 11.8. The number of halogens is 1. The van der Waals surface area contributed by atoms with Crippen LogP contribution in [-0.4, -0.2) is 36.8 Å². The molecular weight excluding hydrogens is 333 g/mol. The zero-order valence-electron chi connectivity index (χ0n) is 14.0. The molecular formula is C16H20FN3O3S. The molecule has 0 fully saturated rings. The molecule has 6 nitrogen and oxygen atoms in total. The van der Waals surface area contributed by atoms with Crippen molar-refractivity contribution in [2.75, 3.05) is 17.6 Å². The molecule has 1 aromatic heterocycles. The molecule has 1 aromatic carbocycles. The quantitative estimate of drug-likeness (QED) is 0.892. The molecule has 0 aliphatic carbocycles. The van der Waals surface area contributed by atoms with Crippen molar-refractivity contribution in [2.45, 2.75) is 26.4 Å². The Balaban J connectivity index is 2.78. The van der Waals surface area contributed by atoms with Crippen molar-refractivity contribution in [2.24, 2.45) is 0 Å². The zero-order chi connectivity index (χ0) is 18.1. The van der Waals surface area contributed by atoms with Crippen LogP contribution in [0.1, 0.15) is 31.0 Å². The summed E-state index contributed by atoms with van der Waals surface area (Å²) in [7, 11) is -2.20. The summed E-state index contributed by atoms with van der Waals surface area (Å²) in [6.45, 7) is 3.42. The molecule has 24 heavy (non-hydrogen) atoms. The number of aliphatic hydroxyl groups excluding tert-OH is 1. The van der Waals surface area contributed by atoms with Gasteiger partial charge in [0.15, 0.2) is 0 Å². The topological polar surface area (TPSA) is 83.4 Å². The number of nitrogens with zero attached hydrogens (tertiary/aromatic N) is 3. The first-order valence-corrected chi connectivity index (χ1v) is 9.21. The Kier molecular flexibility index (Phi) is 5.19. The molecule has 0 aliphatic heterocycles. The van der Waals surface area contributed by atoms with E-state index in [4.69, 9.17) is 0 Å². The predicted octanol–water partition coefficient (Wildman–Crippen LogP) is 2.29. The number of sulfonamides is 1. The molecule has 130 valence electrons. The Bertz CT molecular complexity index is 854. The van der Waals surface area contributed by atoms with Crippen molar-refractivity contribution in [3.05, 3.63) is 41.3 Å². The molecule has 0 radical (unpaired) electrons. The van der Waals surface area contributed by atoms with E-state index < -0.39 is 15.8 Å². The third-order valence-electron chi connectivity index (χ3n) is 3.61. The van der Waals surface area contributed by atoms with Gasteiger partial charge in [-0.05, 0) is 18.1 Å². The van der Waals surface area contributed by atoms with E-state index in [1.807, 2.05) is 13.8 Å². The first-order chi connectivity index (χ1) is 11.1. The number of aromatic nitrogens is 2. The van der Waals surface area contributed by atoms with Crippen molar-refractivity contribution in [1.82, 2.24) is 9.97 Å². The molecule has 0 spiro atoms. The maximum atomic E-state index is 13.6. The predicted molar refractivity (Wildman–Crippen MR) is 90.7 cm³/mol. The van der Waals surface area contributed by atoms with Gasteiger partial charge in [-0.2, -0.15) is 0 Å². The largest absolute Gasteiger partial charge is 0.392 e. The highest BCUT2D eigenvalue weighted by Crippen LogP contribution is 2.30. The molecule has 0 unspecified atom stereocenters. The van der Waals surface area contributed by atoms with Gasteiger partial charge in [-0.15, -0.1) is 0 Å². The summed E-state index contributed by atoms with van der Waals surface area (Å²) < 4.78 is 38.2. The second kappa shape index (κ2) is 6.82. The van der Waals surface area contributed by atoms with Crippen LogP contribution in [0.5, 0.6) is 0 Å². The van der Waals surface area contributed by atoms with Gasteiger partial charge in [0.1, 0.15) is 5.82 Å². The maximum Gasteiger partial charge on any atom is 0.239 e. The monoisotopic (exact) mass is 353 g/mol. The molecule has 1 N–H and O–H groups in total. The molecule has 0 atom stereocenters. The SMILES string of the molecule is CC(C)c1nc(N(C)S(C)(=O)=O)nc(-c2cccc(F)c2)c1CO. The van der Waals surface area contributed by atoms with Crippen molar-refractivity contribution in [3.8, 4) is 11.3 Å². The van der Waals surface area contributed by atoms with Gasteiger partial charge in [0.25, 0.3) is 0 Å². The van der Waals surface area contributed by atoms with Crippen LogP contribution in [0.2, 0.25) is 0 Å². The van der Waals surface area contributed by atoms with Gasteiger partial charge in [0.05, 0.1) is 24.3 Å². The van der Waals surface area contributed by atoms with Gasteiger partial charge >= 0.3 is 0 Å². The molecule has 0 saturated carbocycles. The second-order valence-electron chi connectivity index (χ2n) is 5.79. The van der Waals surface area contributed by atoms with Gasteiger partial charge < -0.3 is 5.11 Å². The summed E-state index contributed by atoms with van der Waals surface area (Å²) >= 11 is 0. The number of anilines is 1. The van der Waals surface area contributed by atoms with Gasteiger partial charge in [-0.1, -0.05) is 26.0 Å². The smallest absolute Gasteiger partial charge is 0.239 e. The average Bonchev–Trinajstić information content (AvgIpc) is 2.51. The number of benzene rings is 1. The summed E-state index contributed by atoms with van der Waals surface area (Å²) in [5.74, 6) is -0.536. The fourth-order valence-electron chi connectivity index (χ4n) is 2.29. The van der Waals surface area contributed by atoms with Crippen molar-refractivity contribution < 1.29 is 17.9 Å². The van der Waals surface area contributed by atoms with Crippen molar-refractivity contribution in [1.29, 1.82) is 0 Å². The lowest BCUT2D eigenvalue weighted by Crippen LogP contribution is -2.27. The summed E-state index contributed by atoms with van der Waals surface area (Å²) in [4.78, 5) is 8.57. The second-order valence-corrected chi connectivity index (χ2v) is 7.80. The summed E-state index contributed by atoms with van der Waals surface area (Å²) in [6, 6.07) is 5.77. The van der Waals surface area contributed by atoms with E-state index in [1.165, 1.54) is 25.2 Å². The minimum atomic E-state index is -3.55. The number of hydrogen-bond acceptors (Lipinski definition) is 5. The first-order valence-electron chi connectivity index (χ1n) is 7.36. The molecule has 0 bridgehead atoms. The van der Waals surface area contributed by atoms with E-state index in [1.54, 1.807) is 6.07 Å². The number of rotatable bonds is 5. The van der Waals surface area contributed by atoms with E-state index in [9.17, 15) is 17.9 Å². The third-order valence-corrected chi connectivity index (χ3v) is 4.77. The minimum Gasteiger partial charge on any atom is -0.392 e. The van der Waals surface area contributed by atoms with E-state index >= 15 is 0 Å². The highest BCUT2D eigenvalue weighted by molar-refractivity contribution is 7.92. The van der Waals surface area contributed by atoms with Gasteiger partial charge in [0, 0.05) is 18.2 Å². The standard InChI is InChI=1S/C16H20FN3O3S/c1-10(2)14-13(9-21)15(11-6-5-7-12(17)8-11)19-16(18-14)20(3)24(4,22)23/h5-8,10,21H,9H2,1-4H3. The summed E-state index contributed by atoms with van der Waals surface area (Å²) in [5.41, 5.74) is 1.76. The number of aliphatic hydroxyl groups is 1. The van der Waals surface area contributed by atoms with Crippen molar-refractivity contribution >= 4 is 16.0 Å². The lowest BCUT2D eigenvalue weighted by Gasteiger charge is -2.20. The number of hydrogen-bond donors (Lipinski definition) is 1. The van der Waals surface area contributed by atoms with E-state index in [2.05, 4.69) is 9.97 Å². The van der Waals surface area contributed by atoms with Crippen LogP contribution >= 0.6 is 0 Å². The van der Waals surface area contributed by atoms with Gasteiger partial charge in [-0.25, -0.2) is 27.1 Å². The maximum absolute atomic E-state index is 13.6. The highest BCUT2D eigenvalue weighted by Gasteiger charge is 2.22. The molecule has 2 rings (SSSR count). The lowest BCUT2D eigenvalue weighted by atomic mass is 9.99. The van der Waals surface area contributed by atoms with E-state index in [-0.39, 0.29) is 18.5 Å². The van der Waals surface area contributed by atoms with Crippen LogP contribution in [0, 0.1) is 5.82 Å². The Morgan fingerprint density at radius 2 is 1.96 bits per heavy atom. The summed E-state index contributed by atoms with van der Waals surface area (Å²) in [6.07, 6.45) is 1.05. The average molecular weight is 353 g/mol. The van der Waals surface area contributed by atoms with E-state index in [0.29, 0.717) is 22.5 Å². The van der Waals surface area contributed by atoms with Gasteiger partial charge in [-0.3, -0.25) is 0 Å². The lowest BCUT2D eigenvalue weighted by molar-refractivity contribution is 0.279. The first kappa shape index (κ1) is 18.3. The Labute approximate surface area is 141 Å². The molecule has 0 aliphatic rings. The Morgan fingerprint density at radius 1 is 1.29 bits per heavy atom. The van der Waals surface area contributed by atoms with Crippen LogP contribution in [0.25, 0.3) is 11.3 Å². The highest BCUT2D eigenvalue weighted by atomic mass is 32.2. The minimum absolute atomic E-state index is 0.0161.